The van der Waals surface area contributed by atoms with Crippen LogP contribution in [-0.2, 0) is 13.2 Å². The third kappa shape index (κ3) is 3.07. The second-order valence-corrected chi connectivity index (χ2v) is 3.65. The first-order chi connectivity index (χ1) is 8.29. The first kappa shape index (κ1) is 11.7. The van der Waals surface area contributed by atoms with Gasteiger partial charge in [-0.05, 0) is 25.2 Å². The van der Waals surface area contributed by atoms with Crippen molar-refractivity contribution in [3.63, 3.8) is 0 Å². The van der Waals surface area contributed by atoms with Crippen LogP contribution in [0.1, 0.15) is 11.3 Å². The number of hydrogen-bond acceptors (Lipinski definition) is 3. The van der Waals surface area contributed by atoms with E-state index in [0.29, 0.717) is 12.4 Å². The van der Waals surface area contributed by atoms with Gasteiger partial charge in [0.05, 0.1) is 6.26 Å². The van der Waals surface area contributed by atoms with Gasteiger partial charge in [0.15, 0.2) is 0 Å². The monoisotopic (exact) mass is 235 g/mol. The van der Waals surface area contributed by atoms with Crippen LogP contribution < -0.4 is 10.1 Å². The minimum absolute atomic E-state index is 0.299. The number of halogens is 1. The molecule has 0 bridgehead atoms. The summed E-state index contributed by atoms with van der Waals surface area (Å²) in [4.78, 5) is 0. The van der Waals surface area contributed by atoms with Gasteiger partial charge < -0.3 is 14.5 Å². The summed E-state index contributed by atoms with van der Waals surface area (Å²) in [5, 5.41) is 3.04. The summed E-state index contributed by atoms with van der Waals surface area (Å²) in [6.45, 7) is 1.02. The van der Waals surface area contributed by atoms with E-state index in [0.717, 1.165) is 17.9 Å². The van der Waals surface area contributed by atoms with Gasteiger partial charge in [-0.3, -0.25) is 0 Å². The van der Waals surface area contributed by atoms with Crippen LogP contribution in [0.25, 0.3) is 0 Å². The van der Waals surface area contributed by atoms with Crippen molar-refractivity contribution in [1.82, 2.24) is 5.32 Å². The van der Waals surface area contributed by atoms with Gasteiger partial charge in [-0.25, -0.2) is 4.39 Å². The maximum atomic E-state index is 12.9. The van der Waals surface area contributed by atoms with Crippen molar-refractivity contribution in [2.75, 3.05) is 7.05 Å². The molecular formula is C13H14FNO2. The van der Waals surface area contributed by atoms with Gasteiger partial charge in [-0.15, -0.1) is 0 Å². The highest BCUT2D eigenvalue weighted by Crippen LogP contribution is 2.16. The average molecular weight is 235 g/mol. The van der Waals surface area contributed by atoms with Crippen LogP contribution in [-0.4, -0.2) is 7.05 Å². The molecule has 1 N–H and O–H groups in total. The molecule has 90 valence electrons. The Morgan fingerprint density at radius 2 is 2.24 bits per heavy atom. The van der Waals surface area contributed by atoms with Gasteiger partial charge in [-0.1, -0.05) is 6.07 Å². The van der Waals surface area contributed by atoms with E-state index < -0.39 is 0 Å². The van der Waals surface area contributed by atoms with E-state index in [1.807, 2.05) is 13.1 Å². The highest BCUT2D eigenvalue weighted by molar-refractivity contribution is 5.23. The molecule has 2 aromatic rings. The molecule has 0 saturated carbocycles. The topological polar surface area (TPSA) is 34.4 Å². The average Bonchev–Trinajstić information content (AvgIpc) is 2.75. The fourth-order valence-electron chi connectivity index (χ4n) is 1.55. The Labute approximate surface area is 99.2 Å². The van der Waals surface area contributed by atoms with Crippen molar-refractivity contribution in [2.45, 2.75) is 13.2 Å². The normalized spacial score (nSPS) is 10.5. The van der Waals surface area contributed by atoms with Crippen molar-refractivity contribution >= 4 is 0 Å². The van der Waals surface area contributed by atoms with Gasteiger partial charge in [0.1, 0.15) is 23.9 Å². The lowest BCUT2D eigenvalue weighted by atomic mass is 10.2. The smallest absolute Gasteiger partial charge is 0.146 e. The summed E-state index contributed by atoms with van der Waals surface area (Å²) in [6.07, 6.45) is 1.62. The van der Waals surface area contributed by atoms with Crippen LogP contribution in [0.2, 0.25) is 0 Å². The molecule has 1 aromatic heterocycles. The summed E-state index contributed by atoms with van der Waals surface area (Å²) < 4.78 is 23.7. The van der Waals surface area contributed by atoms with Crippen LogP contribution in [0.5, 0.6) is 5.75 Å². The standard InChI is InChI=1S/C13H14FNO2/c1-15-8-10-5-6-16-13(10)9-17-12-4-2-3-11(14)7-12/h2-7,15H,8-9H2,1H3. The summed E-state index contributed by atoms with van der Waals surface area (Å²) in [5.41, 5.74) is 1.05. The lowest BCUT2D eigenvalue weighted by Crippen LogP contribution is -2.07. The highest BCUT2D eigenvalue weighted by Gasteiger charge is 2.06. The molecule has 1 heterocycles. The van der Waals surface area contributed by atoms with E-state index in [9.17, 15) is 4.39 Å². The van der Waals surface area contributed by atoms with Gasteiger partial charge in [0.25, 0.3) is 0 Å². The Hall–Kier alpha value is -1.81. The third-order valence-electron chi connectivity index (χ3n) is 2.37. The van der Waals surface area contributed by atoms with Gasteiger partial charge in [0.2, 0.25) is 0 Å². The lowest BCUT2D eigenvalue weighted by molar-refractivity contribution is 0.267. The van der Waals surface area contributed by atoms with E-state index in [1.54, 1.807) is 18.4 Å². The quantitative estimate of drug-likeness (QED) is 0.865. The van der Waals surface area contributed by atoms with Gasteiger partial charge in [-0.2, -0.15) is 0 Å². The number of ether oxygens (including phenoxy) is 1. The van der Waals surface area contributed by atoms with Crippen LogP contribution >= 0.6 is 0 Å². The number of benzene rings is 1. The van der Waals surface area contributed by atoms with Crippen molar-refractivity contribution in [3.05, 3.63) is 53.7 Å². The molecule has 0 radical (unpaired) electrons. The zero-order chi connectivity index (χ0) is 12.1. The lowest BCUT2D eigenvalue weighted by Gasteiger charge is -2.06. The Morgan fingerprint density at radius 3 is 3.00 bits per heavy atom. The molecule has 0 fully saturated rings. The molecule has 0 amide bonds. The molecule has 3 nitrogen and oxygen atoms in total. The molecule has 4 heteroatoms. The van der Waals surface area contributed by atoms with Crippen LogP contribution in [0.4, 0.5) is 4.39 Å². The predicted molar refractivity (Wildman–Crippen MR) is 62.2 cm³/mol. The molecule has 1 aromatic carbocycles. The predicted octanol–water partition coefficient (Wildman–Crippen LogP) is 2.72. The number of nitrogens with one attached hydrogen (secondary N) is 1. The third-order valence-corrected chi connectivity index (χ3v) is 2.37. The molecule has 2 rings (SSSR count). The molecular weight excluding hydrogens is 221 g/mol. The maximum Gasteiger partial charge on any atom is 0.146 e. The molecule has 0 aliphatic rings. The Kier molecular flexibility index (Phi) is 3.77. The number of rotatable bonds is 5. The van der Waals surface area contributed by atoms with Crippen molar-refractivity contribution in [3.8, 4) is 5.75 Å². The van der Waals surface area contributed by atoms with E-state index in [4.69, 9.17) is 9.15 Å². The van der Waals surface area contributed by atoms with Crippen molar-refractivity contribution in [2.24, 2.45) is 0 Å². The van der Waals surface area contributed by atoms with E-state index in [1.165, 1.54) is 12.1 Å². The SMILES string of the molecule is CNCc1ccoc1COc1cccc(F)c1. The fourth-order valence-corrected chi connectivity index (χ4v) is 1.55. The number of furan rings is 1. The zero-order valence-electron chi connectivity index (χ0n) is 9.57. The van der Waals surface area contributed by atoms with Crippen LogP contribution in [0.3, 0.4) is 0 Å². The largest absolute Gasteiger partial charge is 0.486 e. The Morgan fingerprint density at radius 1 is 1.35 bits per heavy atom. The summed E-state index contributed by atoms with van der Waals surface area (Å²) in [6, 6.07) is 7.94. The van der Waals surface area contributed by atoms with E-state index >= 15 is 0 Å². The van der Waals surface area contributed by atoms with Crippen molar-refractivity contribution in [1.29, 1.82) is 0 Å². The van der Waals surface area contributed by atoms with Crippen LogP contribution in [0.15, 0.2) is 41.0 Å². The fraction of sp³-hybridized carbons (Fsp3) is 0.231. The molecule has 0 saturated heterocycles. The molecule has 0 aliphatic carbocycles. The molecule has 0 spiro atoms. The first-order valence-electron chi connectivity index (χ1n) is 5.38. The summed E-state index contributed by atoms with van der Waals surface area (Å²) >= 11 is 0. The van der Waals surface area contributed by atoms with E-state index in [2.05, 4.69) is 5.32 Å². The zero-order valence-corrected chi connectivity index (χ0v) is 9.57. The summed E-state index contributed by atoms with van der Waals surface area (Å²) in [5.74, 6) is 0.942. The minimum atomic E-state index is -0.308. The Bertz CT molecular complexity index is 482. The second-order valence-electron chi connectivity index (χ2n) is 3.65. The number of hydrogen-bond donors (Lipinski definition) is 1. The van der Waals surface area contributed by atoms with Gasteiger partial charge in [0, 0.05) is 18.2 Å². The highest BCUT2D eigenvalue weighted by atomic mass is 19.1. The molecule has 0 aliphatic heterocycles. The van der Waals surface area contributed by atoms with Crippen molar-refractivity contribution < 1.29 is 13.5 Å². The molecule has 0 atom stereocenters. The maximum absolute atomic E-state index is 12.9. The minimum Gasteiger partial charge on any atom is -0.486 e. The first-order valence-corrected chi connectivity index (χ1v) is 5.38. The Balaban J connectivity index is 1.99. The second kappa shape index (κ2) is 5.50. The summed E-state index contributed by atoms with van der Waals surface area (Å²) in [7, 11) is 1.87. The van der Waals surface area contributed by atoms with Gasteiger partial charge >= 0.3 is 0 Å². The molecule has 0 unspecified atom stereocenters. The molecule has 17 heavy (non-hydrogen) atoms. The van der Waals surface area contributed by atoms with Crippen LogP contribution in [0, 0.1) is 5.82 Å². The van der Waals surface area contributed by atoms with E-state index in [-0.39, 0.29) is 5.82 Å².